The minimum absolute atomic E-state index is 0.0661. The molecule has 2 fully saturated rings. The maximum Gasteiger partial charge on any atom is 0.253 e. The molecule has 1 atom stereocenters. The number of nitrogens with zero attached hydrogens (tertiary/aromatic N) is 3. The number of anilines is 1. The van der Waals surface area contributed by atoms with Crippen molar-refractivity contribution in [1.82, 2.24) is 15.2 Å². The van der Waals surface area contributed by atoms with Crippen molar-refractivity contribution in [3.05, 3.63) is 94.3 Å². The van der Waals surface area contributed by atoms with E-state index in [1.165, 1.54) is 5.69 Å². The molecule has 0 bridgehead atoms. The number of aryl methyl sites for hydroxylation is 1. The lowest BCUT2D eigenvalue weighted by Crippen LogP contribution is -2.42. The number of amides is 2. The Hall–Kier alpha value is -3.38. The molecule has 6 rings (SSSR count). The summed E-state index contributed by atoms with van der Waals surface area (Å²) in [5.74, 6) is -0.0410. The molecule has 0 radical (unpaired) electrons. The predicted molar refractivity (Wildman–Crippen MR) is 145 cm³/mol. The first-order valence-corrected chi connectivity index (χ1v) is 13.5. The fraction of sp³-hybridized carbons (Fsp3) is 0.367. The Balaban J connectivity index is 1.09. The normalized spacial score (nSPS) is 20.2. The number of fused-ring (bicyclic) bond motifs is 1. The van der Waals surface area contributed by atoms with Crippen LogP contribution in [0.5, 0.6) is 0 Å². The predicted octanol–water partition coefficient (Wildman–Crippen LogP) is 5.29. The summed E-state index contributed by atoms with van der Waals surface area (Å²) in [7, 11) is 0. The van der Waals surface area contributed by atoms with Crippen LogP contribution >= 0.6 is 11.6 Å². The third kappa shape index (κ3) is 4.71. The SMILES string of the molecule is O=C(NC1CCc2cc(C(=O)N3CCC4(CCN(c5ccncc5)CC4)C3)ccc21)c1ccccc1Cl. The van der Waals surface area contributed by atoms with Crippen molar-refractivity contribution < 1.29 is 9.59 Å². The molecule has 6 nitrogen and oxygen atoms in total. The highest BCUT2D eigenvalue weighted by atomic mass is 35.5. The number of hydrogen-bond donors (Lipinski definition) is 1. The van der Waals surface area contributed by atoms with E-state index >= 15 is 0 Å². The van der Waals surface area contributed by atoms with Gasteiger partial charge in [0.15, 0.2) is 0 Å². The second-order valence-corrected chi connectivity index (χ2v) is 11.0. The lowest BCUT2D eigenvalue weighted by Gasteiger charge is -2.40. The van der Waals surface area contributed by atoms with Crippen LogP contribution < -0.4 is 10.2 Å². The lowest BCUT2D eigenvalue weighted by molar-refractivity contribution is 0.0764. The number of hydrogen-bond acceptors (Lipinski definition) is 4. The molecule has 2 saturated heterocycles. The summed E-state index contributed by atoms with van der Waals surface area (Å²) < 4.78 is 0. The summed E-state index contributed by atoms with van der Waals surface area (Å²) in [6.07, 6.45) is 8.65. The van der Waals surface area contributed by atoms with E-state index < -0.39 is 0 Å². The summed E-state index contributed by atoms with van der Waals surface area (Å²) in [6, 6.07) is 17.2. The molecule has 37 heavy (non-hydrogen) atoms. The smallest absolute Gasteiger partial charge is 0.253 e. The molecule has 3 heterocycles. The molecule has 0 saturated carbocycles. The van der Waals surface area contributed by atoms with Crippen LogP contribution in [0.15, 0.2) is 67.0 Å². The van der Waals surface area contributed by atoms with Gasteiger partial charge in [-0.1, -0.05) is 29.8 Å². The van der Waals surface area contributed by atoms with E-state index in [0.29, 0.717) is 10.6 Å². The minimum Gasteiger partial charge on any atom is -0.371 e. The van der Waals surface area contributed by atoms with Crippen molar-refractivity contribution in [2.24, 2.45) is 5.41 Å². The van der Waals surface area contributed by atoms with Crippen LogP contribution in [-0.2, 0) is 6.42 Å². The Labute approximate surface area is 222 Å². The third-order valence-electron chi connectivity index (χ3n) is 8.47. The van der Waals surface area contributed by atoms with Gasteiger partial charge < -0.3 is 15.1 Å². The zero-order chi connectivity index (χ0) is 25.4. The van der Waals surface area contributed by atoms with Gasteiger partial charge in [-0.25, -0.2) is 0 Å². The molecule has 1 unspecified atom stereocenters. The van der Waals surface area contributed by atoms with Gasteiger partial charge in [0.05, 0.1) is 16.6 Å². The van der Waals surface area contributed by atoms with Crippen molar-refractivity contribution in [2.75, 3.05) is 31.1 Å². The maximum absolute atomic E-state index is 13.5. The second kappa shape index (κ2) is 9.82. The van der Waals surface area contributed by atoms with Gasteiger partial charge in [-0.2, -0.15) is 0 Å². The van der Waals surface area contributed by atoms with Crippen LogP contribution in [0.2, 0.25) is 5.02 Å². The van der Waals surface area contributed by atoms with Crippen molar-refractivity contribution in [3.63, 3.8) is 0 Å². The highest BCUT2D eigenvalue weighted by Crippen LogP contribution is 2.42. The zero-order valence-electron chi connectivity index (χ0n) is 20.8. The molecule has 1 aliphatic carbocycles. The largest absolute Gasteiger partial charge is 0.371 e. The number of carbonyl (C=O) groups is 2. The number of rotatable bonds is 4. The molecule has 3 aromatic rings. The van der Waals surface area contributed by atoms with Gasteiger partial charge in [0.1, 0.15) is 0 Å². The average Bonchev–Trinajstić information content (AvgIpc) is 3.53. The Bertz CT molecular complexity index is 1320. The van der Waals surface area contributed by atoms with Crippen LogP contribution in [0.4, 0.5) is 5.69 Å². The maximum atomic E-state index is 13.5. The van der Waals surface area contributed by atoms with E-state index in [9.17, 15) is 9.59 Å². The minimum atomic E-state index is -0.166. The van der Waals surface area contributed by atoms with Gasteiger partial charge in [-0.05, 0) is 85.0 Å². The van der Waals surface area contributed by atoms with Crippen LogP contribution in [0.25, 0.3) is 0 Å². The van der Waals surface area contributed by atoms with E-state index in [4.69, 9.17) is 11.6 Å². The standard InChI is InChI=1S/C30H31ClN4O2/c31-26-4-2-1-3-25(26)28(36)33-27-8-6-21-19-22(5-7-24(21)27)29(37)35-18-13-30(20-35)11-16-34(17-12-30)23-9-14-32-15-10-23/h1-5,7,9-10,14-15,19,27H,6,8,11-13,16-18,20H2,(H,33,36). The second-order valence-electron chi connectivity index (χ2n) is 10.6. The Kier molecular flexibility index (Phi) is 6.37. The summed E-state index contributed by atoms with van der Waals surface area (Å²) in [5.41, 5.74) is 4.94. The molecule has 190 valence electrons. The van der Waals surface area contributed by atoms with Crippen molar-refractivity contribution in [1.29, 1.82) is 0 Å². The number of piperidine rings is 1. The Morgan fingerprint density at radius 1 is 0.973 bits per heavy atom. The first-order chi connectivity index (χ1) is 18.0. The number of likely N-dealkylation sites (tertiary alicyclic amines) is 1. The fourth-order valence-corrected chi connectivity index (χ4v) is 6.50. The van der Waals surface area contributed by atoms with Crippen LogP contribution in [-0.4, -0.2) is 47.9 Å². The number of carbonyl (C=O) groups excluding carboxylic acids is 2. The Morgan fingerprint density at radius 3 is 2.51 bits per heavy atom. The van der Waals surface area contributed by atoms with Crippen LogP contribution in [0.1, 0.15) is 63.6 Å². The van der Waals surface area contributed by atoms with Crippen LogP contribution in [0.3, 0.4) is 0 Å². The van der Waals surface area contributed by atoms with Gasteiger partial charge in [-0.3, -0.25) is 14.6 Å². The van der Waals surface area contributed by atoms with Crippen molar-refractivity contribution in [3.8, 4) is 0 Å². The van der Waals surface area contributed by atoms with Crippen molar-refractivity contribution >= 4 is 29.1 Å². The van der Waals surface area contributed by atoms with Gasteiger partial charge in [-0.15, -0.1) is 0 Å². The van der Waals surface area contributed by atoms with E-state index in [0.717, 1.165) is 75.0 Å². The molecule has 1 N–H and O–H groups in total. The highest BCUT2D eigenvalue weighted by Gasteiger charge is 2.42. The van der Waals surface area contributed by atoms with Crippen molar-refractivity contribution in [2.45, 2.75) is 38.1 Å². The summed E-state index contributed by atoms with van der Waals surface area (Å²) in [6.45, 7) is 3.70. The lowest BCUT2D eigenvalue weighted by atomic mass is 9.77. The van der Waals surface area contributed by atoms with E-state index in [1.807, 2.05) is 42.7 Å². The fourth-order valence-electron chi connectivity index (χ4n) is 6.28. The topological polar surface area (TPSA) is 65.5 Å². The van der Waals surface area contributed by atoms with Gasteiger partial charge in [0, 0.05) is 49.8 Å². The summed E-state index contributed by atoms with van der Waals surface area (Å²) in [4.78, 5) is 34.8. The molecule has 1 aromatic heterocycles. The first-order valence-electron chi connectivity index (χ1n) is 13.1. The number of pyridine rings is 1. The first kappa shape index (κ1) is 24.0. The monoisotopic (exact) mass is 514 g/mol. The molecular weight excluding hydrogens is 484 g/mol. The zero-order valence-corrected chi connectivity index (χ0v) is 21.6. The van der Waals surface area contributed by atoms with E-state index in [2.05, 4.69) is 32.2 Å². The Morgan fingerprint density at radius 2 is 1.73 bits per heavy atom. The van der Waals surface area contributed by atoms with Gasteiger partial charge >= 0.3 is 0 Å². The van der Waals surface area contributed by atoms with Gasteiger partial charge in [0.2, 0.25) is 0 Å². The summed E-state index contributed by atoms with van der Waals surface area (Å²) >= 11 is 6.20. The molecule has 1 spiro atoms. The average molecular weight is 515 g/mol. The molecule has 3 aliphatic rings. The molecule has 2 aliphatic heterocycles. The molecule has 7 heteroatoms. The molecular formula is C30H31ClN4O2. The van der Waals surface area contributed by atoms with Gasteiger partial charge in [0.25, 0.3) is 11.8 Å². The molecule has 2 aromatic carbocycles. The number of halogens is 1. The summed E-state index contributed by atoms with van der Waals surface area (Å²) in [5, 5.41) is 3.57. The van der Waals surface area contributed by atoms with E-state index in [1.54, 1.807) is 12.1 Å². The third-order valence-corrected chi connectivity index (χ3v) is 8.80. The number of nitrogens with one attached hydrogen (secondary N) is 1. The highest BCUT2D eigenvalue weighted by molar-refractivity contribution is 6.33. The molecule has 2 amide bonds. The quantitative estimate of drug-likeness (QED) is 0.514. The van der Waals surface area contributed by atoms with E-state index in [-0.39, 0.29) is 23.3 Å². The van der Waals surface area contributed by atoms with Crippen LogP contribution in [0, 0.1) is 5.41 Å². The number of aromatic nitrogens is 1. The number of benzene rings is 2.